The van der Waals surface area contributed by atoms with E-state index in [1.165, 1.54) is 33.3 Å². The average Bonchev–Trinajstić information content (AvgIpc) is 3.79. The van der Waals surface area contributed by atoms with Crippen molar-refractivity contribution in [3.8, 4) is 11.3 Å². The molecule has 6 heterocycles. The number of nitrogens with zero attached hydrogens (tertiary/aromatic N) is 4. The third-order valence-corrected chi connectivity index (χ3v) is 11.0. The van der Waals surface area contributed by atoms with Crippen molar-refractivity contribution in [2.45, 2.75) is 58.2 Å². The largest absolute Gasteiger partial charge is 0.378 e. The van der Waals surface area contributed by atoms with Crippen molar-refractivity contribution < 1.29 is 14.3 Å². The fraction of sp³-hybridized carbons (Fsp3) is 0.529. The maximum atomic E-state index is 13.6. The fourth-order valence-electron chi connectivity index (χ4n) is 7.65. The van der Waals surface area contributed by atoms with Crippen LogP contribution in [0.25, 0.3) is 27.0 Å². The summed E-state index contributed by atoms with van der Waals surface area (Å²) < 4.78 is 5.41. The zero-order chi connectivity index (χ0) is 29.7. The second kappa shape index (κ2) is 11.8. The molecule has 2 aromatic heterocycles. The molecule has 7 rings (SSSR count). The Kier molecular flexibility index (Phi) is 7.92. The summed E-state index contributed by atoms with van der Waals surface area (Å²) >= 11 is 1.66. The number of hydrogen-bond acceptors (Lipinski definition) is 6. The number of amides is 2. The molecular weight excluding hydrogens is 558 g/mol. The molecule has 0 unspecified atom stereocenters. The smallest absolute Gasteiger partial charge is 0.255 e. The number of morpholine rings is 1. The van der Waals surface area contributed by atoms with Crippen LogP contribution in [0, 0.1) is 13.8 Å². The number of nitrogens with one attached hydrogen (secondary N) is 1. The molecule has 8 nitrogen and oxygen atoms in total. The Morgan fingerprint density at radius 1 is 0.907 bits per heavy atom. The first kappa shape index (κ1) is 28.8. The molecule has 2 bridgehead atoms. The highest BCUT2D eigenvalue weighted by Crippen LogP contribution is 2.42. The van der Waals surface area contributed by atoms with Crippen molar-refractivity contribution in [2.75, 3.05) is 59.0 Å². The topological polar surface area (TPSA) is 72.1 Å². The molecule has 0 saturated carbocycles. The van der Waals surface area contributed by atoms with Crippen LogP contribution in [-0.4, -0.2) is 108 Å². The Hall–Kier alpha value is -2.98. The SMILES string of the molecule is C=C(C(=O)N1C2CCC1CC2)c1cc2c(CN3CCN(CC(=O)N4CCOCC4)CC3)c(-c3cc(C)cc(C)c3)[nH]c2s1. The minimum absolute atomic E-state index is 0.118. The molecule has 4 aliphatic rings. The van der Waals surface area contributed by atoms with E-state index in [1.807, 2.05) is 4.90 Å². The van der Waals surface area contributed by atoms with E-state index >= 15 is 0 Å². The maximum absolute atomic E-state index is 13.6. The van der Waals surface area contributed by atoms with Gasteiger partial charge in [0.05, 0.1) is 25.5 Å². The van der Waals surface area contributed by atoms with Crippen molar-refractivity contribution in [1.82, 2.24) is 24.6 Å². The van der Waals surface area contributed by atoms with Gasteiger partial charge in [0, 0.05) is 79.3 Å². The Balaban J connectivity index is 1.11. The van der Waals surface area contributed by atoms with Crippen LogP contribution in [-0.2, 0) is 20.9 Å². The summed E-state index contributed by atoms with van der Waals surface area (Å²) in [5.41, 5.74) is 6.78. The summed E-state index contributed by atoms with van der Waals surface area (Å²) in [4.78, 5) is 41.1. The number of piperazine rings is 1. The molecule has 3 aromatic rings. The van der Waals surface area contributed by atoms with Crippen LogP contribution < -0.4 is 0 Å². The number of ether oxygens (including phenoxy) is 1. The molecule has 43 heavy (non-hydrogen) atoms. The van der Waals surface area contributed by atoms with Gasteiger partial charge < -0.3 is 19.5 Å². The molecule has 0 atom stereocenters. The van der Waals surface area contributed by atoms with Gasteiger partial charge in [0.1, 0.15) is 4.83 Å². The van der Waals surface area contributed by atoms with Crippen molar-refractivity contribution >= 4 is 38.9 Å². The Labute approximate surface area is 258 Å². The average molecular weight is 602 g/mol. The normalized spacial score (nSPS) is 23.0. The molecule has 228 valence electrons. The molecule has 2 amide bonds. The van der Waals surface area contributed by atoms with E-state index in [2.05, 4.69) is 64.4 Å². The second-order valence-corrected chi connectivity index (χ2v) is 14.0. The molecular formula is C34H43N5O3S. The number of H-pyrrole nitrogens is 1. The van der Waals surface area contributed by atoms with E-state index in [-0.39, 0.29) is 11.8 Å². The van der Waals surface area contributed by atoms with Gasteiger partial charge in [0.15, 0.2) is 0 Å². The number of aryl methyl sites for hydroxylation is 2. The Morgan fingerprint density at radius 2 is 1.53 bits per heavy atom. The van der Waals surface area contributed by atoms with Crippen LogP contribution in [0.4, 0.5) is 0 Å². The first-order valence-corrected chi connectivity index (χ1v) is 16.7. The van der Waals surface area contributed by atoms with Gasteiger partial charge in [-0.2, -0.15) is 0 Å². The molecule has 9 heteroatoms. The maximum Gasteiger partial charge on any atom is 0.255 e. The molecule has 4 saturated heterocycles. The zero-order valence-electron chi connectivity index (χ0n) is 25.5. The molecule has 0 radical (unpaired) electrons. The summed E-state index contributed by atoms with van der Waals surface area (Å²) in [6.45, 7) is 16.2. The molecule has 0 aliphatic carbocycles. The number of benzene rings is 1. The van der Waals surface area contributed by atoms with Gasteiger partial charge >= 0.3 is 0 Å². The van der Waals surface area contributed by atoms with E-state index < -0.39 is 0 Å². The van der Waals surface area contributed by atoms with Crippen LogP contribution in [0.3, 0.4) is 0 Å². The van der Waals surface area contributed by atoms with E-state index in [0.717, 1.165) is 68.1 Å². The van der Waals surface area contributed by atoms with E-state index in [4.69, 9.17) is 4.74 Å². The lowest BCUT2D eigenvalue weighted by atomic mass is 10.0. The molecule has 4 aliphatic heterocycles. The van der Waals surface area contributed by atoms with Crippen molar-refractivity contribution in [3.63, 3.8) is 0 Å². The predicted molar refractivity (Wildman–Crippen MR) is 172 cm³/mol. The summed E-state index contributed by atoms with van der Waals surface area (Å²) in [5.74, 6) is 0.330. The van der Waals surface area contributed by atoms with E-state index in [9.17, 15) is 9.59 Å². The third kappa shape index (κ3) is 5.68. The van der Waals surface area contributed by atoms with Crippen LogP contribution in [0.5, 0.6) is 0 Å². The fourth-order valence-corrected chi connectivity index (χ4v) is 8.70. The summed E-state index contributed by atoms with van der Waals surface area (Å²) in [5, 5.41) is 1.19. The minimum Gasteiger partial charge on any atom is -0.378 e. The lowest BCUT2D eigenvalue weighted by Crippen LogP contribution is -2.51. The monoisotopic (exact) mass is 601 g/mol. The van der Waals surface area contributed by atoms with Crippen LogP contribution >= 0.6 is 11.3 Å². The number of aromatic amines is 1. The van der Waals surface area contributed by atoms with Crippen LogP contribution in [0.1, 0.15) is 47.3 Å². The lowest BCUT2D eigenvalue weighted by Gasteiger charge is -2.36. The number of rotatable bonds is 7. The first-order chi connectivity index (χ1) is 20.8. The minimum atomic E-state index is 0.118. The summed E-state index contributed by atoms with van der Waals surface area (Å²) in [7, 11) is 0. The number of carbonyl (C=O) groups is 2. The molecule has 4 fully saturated rings. The number of aromatic nitrogens is 1. The van der Waals surface area contributed by atoms with Gasteiger partial charge in [0.2, 0.25) is 5.91 Å². The number of hydrogen-bond donors (Lipinski definition) is 1. The first-order valence-electron chi connectivity index (χ1n) is 15.9. The molecule has 1 aromatic carbocycles. The highest BCUT2D eigenvalue weighted by Gasteiger charge is 2.43. The van der Waals surface area contributed by atoms with E-state index in [0.29, 0.717) is 50.5 Å². The van der Waals surface area contributed by atoms with Crippen molar-refractivity contribution in [3.05, 3.63) is 52.4 Å². The van der Waals surface area contributed by atoms with Crippen molar-refractivity contribution in [2.24, 2.45) is 0 Å². The van der Waals surface area contributed by atoms with Gasteiger partial charge in [-0.3, -0.25) is 19.4 Å². The quantitative estimate of drug-likeness (QED) is 0.399. The van der Waals surface area contributed by atoms with Gasteiger partial charge in [-0.05, 0) is 63.3 Å². The Bertz CT molecular complexity index is 1500. The second-order valence-electron chi connectivity index (χ2n) is 12.9. The predicted octanol–water partition coefficient (Wildman–Crippen LogP) is 4.66. The van der Waals surface area contributed by atoms with Gasteiger partial charge in [0.25, 0.3) is 5.91 Å². The van der Waals surface area contributed by atoms with Crippen molar-refractivity contribution in [1.29, 1.82) is 0 Å². The molecule has 1 N–H and O–H groups in total. The highest BCUT2D eigenvalue weighted by molar-refractivity contribution is 7.20. The molecule has 0 spiro atoms. The summed E-state index contributed by atoms with van der Waals surface area (Å²) in [6, 6.07) is 9.72. The third-order valence-electron chi connectivity index (χ3n) is 9.92. The number of fused-ring (bicyclic) bond motifs is 3. The Morgan fingerprint density at radius 3 is 2.19 bits per heavy atom. The lowest BCUT2D eigenvalue weighted by molar-refractivity contribution is -0.137. The highest BCUT2D eigenvalue weighted by atomic mass is 32.1. The zero-order valence-corrected chi connectivity index (χ0v) is 26.3. The van der Waals surface area contributed by atoms with Gasteiger partial charge in [-0.1, -0.05) is 23.8 Å². The standard InChI is InChI=1S/C34H43N5O3S/c1-22-16-23(2)18-25(17-22)32-29(20-36-8-10-37(11-9-36)21-31(40)38-12-14-42-15-13-38)28-19-30(43-33(28)35-32)24(3)34(41)39-26-4-5-27(39)7-6-26/h16-19,26-27,35H,3-15,20-21H2,1-2H3. The van der Waals surface area contributed by atoms with Crippen LogP contribution in [0.2, 0.25) is 0 Å². The van der Waals surface area contributed by atoms with Crippen LogP contribution in [0.15, 0.2) is 30.8 Å². The van der Waals surface area contributed by atoms with Gasteiger partial charge in [-0.15, -0.1) is 11.3 Å². The summed E-state index contributed by atoms with van der Waals surface area (Å²) in [6.07, 6.45) is 4.53. The van der Waals surface area contributed by atoms with E-state index in [1.54, 1.807) is 11.3 Å². The number of thiophene rings is 1. The number of carbonyl (C=O) groups excluding carboxylic acids is 2. The van der Waals surface area contributed by atoms with Gasteiger partial charge in [-0.25, -0.2) is 0 Å².